The molecule has 1 unspecified atom stereocenters. The lowest BCUT2D eigenvalue weighted by Crippen LogP contribution is -2.44. The van der Waals surface area contributed by atoms with Crippen LogP contribution in [0.2, 0.25) is 0 Å². The average Bonchev–Trinajstić information content (AvgIpc) is 2.75. The summed E-state index contributed by atoms with van der Waals surface area (Å²) < 4.78 is 0. The van der Waals surface area contributed by atoms with E-state index in [1.54, 1.807) is 24.3 Å². The fourth-order valence-electron chi connectivity index (χ4n) is 2.74. The molecular weight excluding hydrogens is 244 g/mol. The molecule has 1 N–H and O–H groups in total. The number of nitrogens with zero attached hydrogens (tertiary/aromatic N) is 1. The monoisotopic (exact) mass is 258 g/mol. The number of rotatable bonds is 1. The number of carbonyl (C=O) groups is 3. The molecule has 5 nitrogen and oxygen atoms in total. The number of benzene rings is 1. The van der Waals surface area contributed by atoms with Crippen LogP contribution in [0.1, 0.15) is 41.0 Å². The molecule has 2 aliphatic heterocycles. The van der Waals surface area contributed by atoms with Crippen LogP contribution < -0.4 is 5.32 Å². The number of imide groups is 1. The summed E-state index contributed by atoms with van der Waals surface area (Å²) in [5.74, 6) is -1.02. The van der Waals surface area contributed by atoms with Crippen LogP contribution in [0.3, 0.4) is 0 Å². The normalized spacial score (nSPS) is 24.6. The van der Waals surface area contributed by atoms with Crippen molar-refractivity contribution >= 4 is 17.7 Å². The van der Waals surface area contributed by atoms with E-state index in [-0.39, 0.29) is 17.7 Å². The maximum atomic E-state index is 12.3. The van der Waals surface area contributed by atoms with Crippen LogP contribution in [-0.2, 0) is 4.79 Å². The Bertz CT molecular complexity index is 571. The Balaban J connectivity index is 1.99. The van der Waals surface area contributed by atoms with E-state index in [1.807, 2.05) is 13.8 Å². The topological polar surface area (TPSA) is 66.5 Å². The van der Waals surface area contributed by atoms with Gasteiger partial charge in [0.25, 0.3) is 11.8 Å². The van der Waals surface area contributed by atoms with Gasteiger partial charge in [-0.15, -0.1) is 0 Å². The first-order valence-corrected chi connectivity index (χ1v) is 6.20. The number of hydrogen-bond donors (Lipinski definition) is 1. The summed E-state index contributed by atoms with van der Waals surface area (Å²) in [4.78, 5) is 37.6. The molecule has 0 saturated carbocycles. The standard InChI is InChI=1S/C14H14N2O3/c1-14(2)7-10(11(17)15-14)16-12(18)8-5-3-4-6-9(8)13(16)19/h3-6,10H,7H2,1-2H3,(H,15,17). The van der Waals surface area contributed by atoms with Crippen molar-refractivity contribution in [3.8, 4) is 0 Å². The second-order valence-corrected chi connectivity index (χ2v) is 5.62. The first kappa shape index (κ1) is 11.9. The van der Waals surface area contributed by atoms with Crippen LogP contribution >= 0.6 is 0 Å². The molecule has 1 fully saturated rings. The lowest BCUT2D eigenvalue weighted by Gasteiger charge is -2.21. The molecule has 0 aliphatic carbocycles. The van der Waals surface area contributed by atoms with Gasteiger partial charge in [0.05, 0.1) is 11.1 Å². The third kappa shape index (κ3) is 1.65. The van der Waals surface area contributed by atoms with Gasteiger partial charge in [0, 0.05) is 5.54 Å². The third-order valence-corrected chi connectivity index (χ3v) is 3.61. The SMILES string of the molecule is CC1(C)CC(N2C(=O)c3ccccc3C2=O)C(=O)N1. The van der Waals surface area contributed by atoms with E-state index in [0.29, 0.717) is 17.5 Å². The van der Waals surface area contributed by atoms with Gasteiger partial charge < -0.3 is 5.32 Å². The summed E-state index contributed by atoms with van der Waals surface area (Å²) in [6.45, 7) is 3.76. The van der Waals surface area contributed by atoms with Crippen molar-refractivity contribution in [2.75, 3.05) is 0 Å². The van der Waals surface area contributed by atoms with E-state index in [9.17, 15) is 14.4 Å². The van der Waals surface area contributed by atoms with Crippen LogP contribution in [0.5, 0.6) is 0 Å². The predicted octanol–water partition coefficient (Wildman–Crippen LogP) is 0.950. The van der Waals surface area contributed by atoms with Crippen molar-refractivity contribution in [1.82, 2.24) is 10.2 Å². The largest absolute Gasteiger partial charge is 0.349 e. The van der Waals surface area contributed by atoms with E-state index >= 15 is 0 Å². The number of carbonyl (C=O) groups excluding carboxylic acids is 3. The van der Waals surface area contributed by atoms with Crippen LogP contribution in [0.4, 0.5) is 0 Å². The lowest BCUT2D eigenvalue weighted by molar-refractivity contribution is -0.122. The Labute approximate surface area is 110 Å². The quantitative estimate of drug-likeness (QED) is 0.763. The summed E-state index contributed by atoms with van der Waals surface area (Å²) in [5.41, 5.74) is 0.367. The molecule has 0 radical (unpaired) electrons. The minimum atomic E-state index is -0.706. The highest BCUT2D eigenvalue weighted by atomic mass is 16.2. The molecule has 19 heavy (non-hydrogen) atoms. The van der Waals surface area contributed by atoms with Crippen molar-refractivity contribution in [3.63, 3.8) is 0 Å². The van der Waals surface area contributed by atoms with Crippen LogP contribution in [0, 0.1) is 0 Å². The van der Waals surface area contributed by atoms with Crippen LogP contribution in [-0.4, -0.2) is 34.2 Å². The maximum Gasteiger partial charge on any atom is 0.262 e. The van der Waals surface area contributed by atoms with Gasteiger partial charge in [0.2, 0.25) is 5.91 Å². The zero-order valence-corrected chi connectivity index (χ0v) is 10.8. The molecule has 0 aromatic heterocycles. The molecule has 1 atom stereocenters. The lowest BCUT2D eigenvalue weighted by atomic mass is 10.0. The second kappa shape index (κ2) is 3.66. The fourth-order valence-corrected chi connectivity index (χ4v) is 2.74. The zero-order chi connectivity index (χ0) is 13.8. The molecule has 0 spiro atoms. The maximum absolute atomic E-state index is 12.3. The first-order valence-electron chi connectivity index (χ1n) is 6.20. The zero-order valence-electron chi connectivity index (χ0n) is 10.8. The minimum Gasteiger partial charge on any atom is -0.349 e. The van der Waals surface area contributed by atoms with Gasteiger partial charge in [-0.3, -0.25) is 19.3 Å². The Morgan fingerprint density at radius 1 is 1.11 bits per heavy atom. The van der Waals surface area contributed by atoms with E-state index < -0.39 is 11.6 Å². The minimum absolute atomic E-state index is 0.264. The van der Waals surface area contributed by atoms with Crippen molar-refractivity contribution in [2.24, 2.45) is 0 Å². The number of nitrogens with one attached hydrogen (secondary N) is 1. The summed E-state index contributed by atoms with van der Waals surface area (Å²) in [6, 6.07) is 5.96. The highest BCUT2D eigenvalue weighted by molar-refractivity contribution is 6.23. The first-order chi connectivity index (χ1) is 8.91. The van der Waals surface area contributed by atoms with E-state index in [0.717, 1.165) is 4.90 Å². The number of fused-ring (bicyclic) bond motifs is 1. The molecule has 0 bridgehead atoms. The predicted molar refractivity (Wildman–Crippen MR) is 67.6 cm³/mol. The van der Waals surface area contributed by atoms with Crippen molar-refractivity contribution < 1.29 is 14.4 Å². The van der Waals surface area contributed by atoms with E-state index in [4.69, 9.17) is 0 Å². The van der Waals surface area contributed by atoms with Crippen molar-refractivity contribution in [2.45, 2.75) is 31.8 Å². The van der Waals surface area contributed by atoms with Crippen molar-refractivity contribution in [3.05, 3.63) is 35.4 Å². The van der Waals surface area contributed by atoms with Gasteiger partial charge >= 0.3 is 0 Å². The molecule has 2 heterocycles. The summed E-state index contributed by atoms with van der Waals surface area (Å²) in [6.07, 6.45) is 0.442. The van der Waals surface area contributed by atoms with Crippen LogP contribution in [0.25, 0.3) is 0 Å². The van der Waals surface area contributed by atoms with Gasteiger partial charge in [0.15, 0.2) is 0 Å². The molecule has 5 heteroatoms. The van der Waals surface area contributed by atoms with Gasteiger partial charge in [-0.05, 0) is 32.4 Å². The fraction of sp³-hybridized carbons (Fsp3) is 0.357. The van der Waals surface area contributed by atoms with Gasteiger partial charge in [0.1, 0.15) is 6.04 Å². The average molecular weight is 258 g/mol. The van der Waals surface area contributed by atoms with Gasteiger partial charge in [-0.25, -0.2) is 0 Å². The summed E-state index contributed by atoms with van der Waals surface area (Å²) in [7, 11) is 0. The highest BCUT2D eigenvalue weighted by Crippen LogP contribution is 2.30. The summed E-state index contributed by atoms with van der Waals surface area (Å²) >= 11 is 0. The van der Waals surface area contributed by atoms with Gasteiger partial charge in [-0.1, -0.05) is 12.1 Å². The molecule has 3 rings (SSSR count). The molecule has 1 aromatic rings. The Kier molecular flexibility index (Phi) is 2.29. The van der Waals surface area contributed by atoms with Crippen molar-refractivity contribution in [1.29, 1.82) is 0 Å². The van der Waals surface area contributed by atoms with E-state index in [2.05, 4.69) is 5.32 Å². The summed E-state index contributed by atoms with van der Waals surface area (Å²) in [5, 5.41) is 2.80. The molecule has 1 aromatic carbocycles. The Morgan fingerprint density at radius 3 is 2.05 bits per heavy atom. The molecular formula is C14H14N2O3. The molecule has 1 saturated heterocycles. The number of amides is 3. The smallest absolute Gasteiger partial charge is 0.262 e. The number of hydrogen-bond acceptors (Lipinski definition) is 3. The molecule has 2 aliphatic rings. The molecule has 3 amide bonds. The van der Waals surface area contributed by atoms with E-state index in [1.165, 1.54) is 0 Å². The van der Waals surface area contributed by atoms with Crippen LogP contribution in [0.15, 0.2) is 24.3 Å². The Hall–Kier alpha value is -2.17. The van der Waals surface area contributed by atoms with Gasteiger partial charge in [-0.2, -0.15) is 0 Å². The second-order valence-electron chi connectivity index (χ2n) is 5.62. The highest BCUT2D eigenvalue weighted by Gasteiger charge is 2.48. The Morgan fingerprint density at radius 2 is 1.63 bits per heavy atom. The molecule has 98 valence electrons. The third-order valence-electron chi connectivity index (χ3n) is 3.61.